The van der Waals surface area contributed by atoms with E-state index in [1.54, 1.807) is 4.90 Å². The molecule has 1 aromatic rings. The van der Waals surface area contributed by atoms with Crippen molar-refractivity contribution >= 4 is 5.91 Å². The molecular weight excluding hydrogens is 244 g/mol. The fraction of sp³-hybridized carbons (Fsp3) is 0.500. The van der Waals surface area contributed by atoms with Gasteiger partial charge in [0.2, 0.25) is 0 Å². The molecule has 5 heteroatoms. The van der Waals surface area contributed by atoms with Gasteiger partial charge in [0.25, 0.3) is 5.91 Å². The highest BCUT2D eigenvalue weighted by atomic mass is 16.3. The van der Waals surface area contributed by atoms with Gasteiger partial charge in [-0.25, -0.2) is 0 Å². The van der Waals surface area contributed by atoms with Gasteiger partial charge < -0.3 is 20.8 Å². The van der Waals surface area contributed by atoms with E-state index in [1.165, 1.54) is 18.2 Å². The van der Waals surface area contributed by atoms with E-state index in [-0.39, 0.29) is 23.4 Å². The number of nitrogens with zero attached hydrogens (tertiary/aromatic N) is 1. The standard InChI is InChI=1S/C14H20N2O3/c15-7-8-16(11-3-1-2-4-11)14(19)10-5-6-12(17)13(18)9-10/h5-6,9,11,17-18H,1-4,7-8,15H2. The molecule has 2 rings (SSSR count). The first kappa shape index (κ1) is 13.7. The molecule has 0 unspecified atom stereocenters. The molecule has 0 aliphatic heterocycles. The van der Waals surface area contributed by atoms with Gasteiger partial charge in [0.1, 0.15) is 0 Å². The van der Waals surface area contributed by atoms with Crippen LogP contribution in [0.1, 0.15) is 36.0 Å². The SMILES string of the molecule is NCCN(C(=O)c1ccc(O)c(O)c1)C1CCCC1. The molecule has 1 fully saturated rings. The summed E-state index contributed by atoms with van der Waals surface area (Å²) in [5.74, 6) is -0.625. The van der Waals surface area contributed by atoms with Gasteiger partial charge in [0, 0.05) is 24.7 Å². The number of carbonyl (C=O) groups excluding carboxylic acids is 1. The minimum Gasteiger partial charge on any atom is -0.504 e. The Morgan fingerprint density at radius 3 is 2.53 bits per heavy atom. The minimum absolute atomic E-state index is 0.132. The monoisotopic (exact) mass is 264 g/mol. The predicted octanol–water partition coefficient (Wildman–Crippen LogP) is 1.44. The van der Waals surface area contributed by atoms with E-state index in [0.29, 0.717) is 18.7 Å². The summed E-state index contributed by atoms with van der Waals surface area (Å²) in [5, 5.41) is 18.8. The molecule has 0 aromatic heterocycles. The van der Waals surface area contributed by atoms with Crippen LogP contribution < -0.4 is 5.73 Å². The number of hydrogen-bond acceptors (Lipinski definition) is 4. The van der Waals surface area contributed by atoms with E-state index in [4.69, 9.17) is 5.73 Å². The highest BCUT2D eigenvalue weighted by molar-refractivity contribution is 5.95. The Hall–Kier alpha value is -1.75. The average molecular weight is 264 g/mol. The summed E-state index contributed by atoms with van der Waals surface area (Å²) >= 11 is 0. The van der Waals surface area contributed by atoms with Crippen LogP contribution in [0.4, 0.5) is 0 Å². The number of benzene rings is 1. The zero-order valence-electron chi connectivity index (χ0n) is 10.9. The zero-order chi connectivity index (χ0) is 13.8. The van der Waals surface area contributed by atoms with E-state index in [1.807, 2.05) is 0 Å². The number of carbonyl (C=O) groups is 1. The van der Waals surface area contributed by atoms with E-state index >= 15 is 0 Å². The number of phenolic OH excluding ortho intramolecular Hbond substituents is 2. The van der Waals surface area contributed by atoms with Crippen molar-refractivity contribution in [2.24, 2.45) is 5.73 Å². The average Bonchev–Trinajstić information content (AvgIpc) is 2.92. The van der Waals surface area contributed by atoms with Crippen molar-refractivity contribution in [2.45, 2.75) is 31.7 Å². The topological polar surface area (TPSA) is 86.8 Å². The lowest BCUT2D eigenvalue weighted by Crippen LogP contribution is -2.41. The molecule has 5 nitrogen and oxygen atoms in total. The molecule has 1 amide bonds. The highest BCUT2D eigenvalue weighted by Crippen LogP contribution is 2.28. The highest BCUT2D eigenvalue weighted by Gasteiger charge is 2.27. The smallest absolute Gasteiger partial charge is 0.254 e. The molecule has 0 radical (unpaired) electrons. The lowest BCUT2D eigenvalue weighted by atomic mass is 10.1. The minimum atomic E-state index is -0.273. The molecule has 0 heterocycles. The maximum atomic E-state index is 12.5. The van der Waals surface area contributed by atoms with Crippen LogP contribution in [-0.2, 0) is 0 Å². The molecule has 19 heavy (non-hydrogen) atoms. The largest absolute Gasteiger partial charge is 0.504 e. The lowest BCUT2D eigenvalue weighted by Gasteiger charge is -2.28. The summed E-state index contributed by atoms with van der Waals surface area (Å²) in [6, 6.07) is 4.40. The molecule has 0 bridgehead atoms. The summed E-state index contributed by atoms with van der Waals surface area (Å²) in [6.07, 6.45) is 4.30. The van der Waals surface area contributed by atoms with Crippen LogP contribution in [0.3, 0.4) is 0 Å². The summed E-state index contributed by atoms with van der Waals surface area (Å²) in [7, 11) is 0. The molecule has 4 N–H and O–H groups in total. The molecule has 0 spiro atoms. The number of rotatable bonds is 4. The summed E-state index contributed by atoms with van der Waals surface area (Å²) < 4.78 is 0. The maximum absolute atomic E-state index is 12.5. The summed E-state index contributed by atoms with van der Waals surface area (Å²) in [4.78, 5) is 14.3. The number of aromatic hydroxyl groups is 2. The Bertz CT molecular complexity index is 456. The second-order valence-electron chi connectivity index (χ2n) is 4.93. The van der Waals surface area contributed by atoms with Gasteiger partial charge in [-0.05, 0) is 31.0 Å². The van der Waals surface area contributed by atoms with E-state index in [2.05, 4.69) is 0 Å². The van der Waals surface area contributed by atoms with Gasteiger partial charge >= 0.3 is 0 Å². The molecule has 1 aliphatic rings. The van der Waals surface area contributed by atoms with Gasteiger partial charge in [-0.3, -0.25) is 4.79 Å². The second-order valence-corrected chi connectivity index (χ2v) is 4.93. The van der Waals surface area contributed by atoms with Gasteiger partial charge in [-0.2, -0.15) is 0 Å². The first-order chi connectivity index (χ1) is 9.13. The Labute approximate surface area is 112 Å². The molecule has 1 aromatic carbocycles. The zero-order valence-corrected chi connectivity index (χ0v) is 10.9. The third-order valence-electron chi connectivity index (χ3n) is 3.62. The van der Waals surface area contributed by atoms with Crippen molar-refractivity contribution in [3.63, 3.8) is 0 Å². The van der Waals surface area contributed by atoms with Crippen molar-refractivity contribution in [3.05, 3.63) is 23.8 Å². The fourth-order valence-corrected chi connectivity index (χ4v) is 2.63. The molecular formula is C14H20N2O3. The predicted molar refractivity (Wildman–Crippen MR) is 72.1 cm³/mol. The van der Waals surface area contributed by atoms with Gasteiger partial charge in [0.15, 0.2) is 11.5 Å². The molecule has 104 valence electrons. The van der Waals surface area contributed by atoms with E-state index in [9.17, 15) is 15.0 Å². The molecule has 0 atom stereocenters. The van der Waals surface area contributed by atoms with Gasteiger partial charge in [-0.1, -0.05) is 12.8 Å². The van der Waals surface area contributed by atoms with Crippen molar-refractivity contribution in [1.29, 1.82) is 0 Å². The Kier molecular flexibility index (Phi) is 4.27. The van der Waals surface area contributed by atoms with Crippen LogP contribution in [0.5, 0.6) is 11.5 Å². The van der Waals surface area contributed by atoms with Crippen LogP contribution in [0, 0.1) is 0 Å². The number of nitrogens with two attached hydrogens (primary N) is 1. The third kappa shape index (κ3) is 2.98. The number of amides is 1. The van der Waals surface area contributed by atoms with E-state index in [0.717, 1.165) is 25.7 Å². The first-order valence-electron chi connectivity index (χ1n) is 6.66. The van der Waals surface area contributed by atoms with Crippen LogP contribution >= 0.6 is 0 Å². The summed E-state index contributed by atoms with van der Waals surface area (Å²) in [5.41, 5.74) is 5.97. The summed E-state index contributed by atoms with van der Waals surface area (Å²) in [6.45, 7) is 0.942. The fourth-order valence-electron chi connectivity index (χ4n) is 2.63. The normalized spacial score (nSPS) is 15.6. The van der Waals surface area contributed by atoms with Crippen LogP contribution in [0.2, 0.25) is 0 Å². The molecule has 1 aliphatic carbocycles. The van der Waals surface area contributed by atoms with Crippen molar-refractivity contribution in [2.75, 3.05) is 13.1 Å². The van der Waals surface area contributed by atoms with Crippen molar-refractivity contribution in [1.82, 2.24) is 4.90 Å². The van der Waals surface area contributed by atoms with Crippen molar-refractivity contribution in [3.8, 4) is 11.5 Å². The van der Waals surface area contributed by atoms with Crippen LogP contribution in [0.25, 0.3) is 0 Å². The number of phenols is 2. The second kappa shape index (κ2) is 5.93. The Balaban J connectivity index is 2.20. The maximum Gasteiger partial charge on any atom is 0.254 e. The number of hydrogen-bond donors (Lipinski definition) is 3. The van der Waals surface area contributed by atoms with Gasteiger partial charge in [0.05, 0.1) is 0 Å². The Morgan fingerprint density at radius 1 is 1.26 bits per heavy atom. The quantitative estimate of drug-likeness (QED) is 0.718. The first-order valence-corrected chi connectivity index (χ1v) is 6.66. The van der Waals surface area contributed by atoms with E-state index < -0.39 is 0 Å². The van der Waals surface area contributed by atoms with Crippen molar-refractivity contribution < 1.29 is 15.0 Å². The van der Waals surface area contributed by atoms with Crippen LogP contribution in [0.15, 0.2) is 18.2 Å². The third-order valence-corrected chi connectivity index (χ3v) is 3.62. The molecule has 0 saturated heterocycles. The van der Waals surface area contributed by atoms with Crippen LogP contribution in [-0.4, -0.2) is 40.2 Å². The lowest BCUT2D eigenvalue weighted by molar-refractivity contribution is 0.0687. The Morgan fingerprint density at radius 2 is 1.95 bits per heavy atom. The van der Waals surface area contributed by atoms with Gasteiger partial charge in [-0.15, -0.1) is 0 Å². The molecule has 1 saturated carbocycles.